The van der Waals surface area contributed by atoms with Crippen molar-refractivity contribution in [2.24, 2.45) is 5.41 Å². The van der Waals surface area contributed by atoms with Gasteiger partial charge in [0.2, 0.25) is 5.95 Å². The maximum Gasteiger partial charge on any atom is 0.226 e. The predicted molar refractivity (Wildman–Crippen MR) is 132 cm³/mol. The minimum absolute atomic E-state index is 0.0933. The van der Waals surface area contributed by atoms with Gasteiger partial charge in [0, 0.05) is 23.3 Å². The maximum atomic E-state index is 13.4. The van der Waals surface area contributed by atoms with Crippen LogP contribution in [0, 0.1) is 5.41 Å². The number of ketones is 1. The Labute approximate surface area is 207 Å². The van der Waals surface area contributed by atoms with E-state index in [1.807, 2.05) is 24.3 Å². The summed E-state index contributed by atoms with van der Waals surface area (Å²) >= 11 is 12.3. The quantitative estimate of drug-likeness (QED) is 0.480. The van der Waals surface area contributed by atoms with Crippen LogP contribution in [0.3, 0.4) is 0 Å². The Balaban J connectivity index is 1.69. The number of halogens is 2. The second-order valence-electron chi connectivity index (χ2n) is 9.31. The molecular weight excluding hydrogens is 475 g/mol. The maximum absolute atomic E-state index is 13.4. The van der Waals surface area contributed by atoms with E-state index in [0.717, 1.165) is 23.2 Å². The minimum atomic E-state index is -0.460. The third-order valence-corrected chi connectivity index (χ3v) is 6.97. The van der Waals surface area contributed by atoms with E-state index in [4.69, 9.17) is 42.8 Å². The number of benzene rings is 2. The van der Waals surface area contributed by atoms with Crippen LogP contribution >= 0.6 is 23.2 Å². The van der Waals surface area contributed by atoms with Crippen LogP contribution in [-0.2, 0) is 4.79 Å². The lowest BCUT2D eigenvalue weighted by molar-refractivity contribution is -0.118. The van der Waals surface area contributed by atoms with E-state index in [9.17, 15) is 4.79 Å². The van der Waals surface area contributed by atoms with E-state index < -0.39 is 6.04 Å². The lowest BCUT2D eigenvalue weighted by atomic mass is 9.73. The highest BCUT2D eigenvalue weighted by atomic mass is 35.5. The van der Waals surface area contributed by atoms with Crippen molar-refractivity contribution in [1.29, 1.82) is 0 Å². The van der Waals surface area contributed by atoms with Crippen LogP contribution in [0.2, 0.25) is 10.0 Å². The number of nitrogens with one attached hydrogen (secondary N) is 1. The second kappa shape index (κ2) is 8.32. The van der Waals surface area contributed by atoms with Crippen LogP contribution in [0.4, 0.5) is 5.95 Å². The number of hydrogen-bond donors (Lipinski definition) is 1. The molecule has 7 nitrogen and oxygen atoms in total. The van der Waals surface area contributed by atoms with Crippen LogP contribution in [-0.4, -0.2) is 34.8 Å². The van der Waals surface area contributed by atoms with Gasteiger partial charge in [-0.2, -0.15) is 4.98 Å². The van der Waals surface area contributed by atoms with E-state index in [2.05, 4.69) is 19.2 Å². The number of carbonyl (C=O) groups excluding carboxylic acids is 1. The zero-order valence-corrected chi connectivity index (χ0v) is 20.8. The van der Waals surface area contributed by atoms with E-state index in [-0.39, 0.29) is 11.2 Å². The molecule has 5 rings (SSSR count). The SMILES string of the molecule is COc1ccc(C2C3=C(CC(C)(C)CC3=O)Nc3nc(-c4ccc(Cl)c(Cl)c4)nn32)cc1OC. The van der Waals surface area contributed by atoms with Crippen LogP contribution in [0.5, 0.6) is 11.5 Å². The first-order chi connectivity index (χ1) is 16.2. The molecule has 3 aromatic rings. The fraction of sp³-hybridized carbons (Fsp3) is 0.320. The van der Waals surface area contributed by atoms with Crippen molar-refractivity contribution < 1.29 is 14.3 Å². The van der Waals surface area contributed by atoms with Crippen molar-refractivity contribution >= 4 is 34.9 Å². The number of methoxy groups -OCH3 is 2. The molecular formula is C25H24Cl2N4O3. The molecule has 34 heavy (non-hydrogen) atoms. The van der Waals surface area contributed by atoms with Crippen LogP contribution < -0.4 is 14.8 Å². The molecule has 1 unspecified atom stereocenters. The van der Waals surface area contributed by atoms with Gasteiger partial charge in [-0.05, 0) is 47.7 Å². The number of fused-ring (bicyclic) bond motifs is 1. The third kappa shape index (κ3) is 3.83. The van der Waals surface area contributed by atoms with Crippen molar-refractivity contribution in [1.82, 2.24) is 14.8 Å². The minimum Gasteiger partial charge on any atom is -0.493 e. The zero-order valence-electron chi connectivity index (χ0n) is 19.3. The first-order valence-corrected chi connectivity index (χ1v) is 11.6. The number of allylic oxidation sites excluding steroid dienone is 2. The molecule has 0 amide bonds. The summed E-state index contributed by atoms with van der Waals surface area (Å²) < 4.78 is 12.7. The van der Waals surface area contributed by atoms with Gasteiger partial charge in [-0.15, -0.1) is 5.10 Å². The lowest BCUT2D eigenvalue weighted by Gasteiger charge is -2.38. The number of carbonyl (C=O) groups is 1. The van der Waals surface area contributed by atoms with Gasteiger partial charge in [-0.1, -0.05) is 43.1 Å². The third-order valence-electron chi connectivity index (χ3n) is 6.23. The Morgan fingerprint density at radius 1 is 1.03 bits per heavy atom. The predicted octanol–water partition coefficient (Wildman–Crippen LogP) is 5.93. The molecule has 2 aromatic carbocycles. The van der Waals surface area contributed by atoms with Crippen molar-refractivity contribution in [2.75, 3.05) is 19.5 Å². The standard InChI is InChI=1S/C25H24Cl2N4O3/c1-25(2)11-17-21(18(32)12-25)22(13-6-8-19(33-3)20(10-13)34-4)31-24(28-17)29-23(30-31)14-5-7-15(26)16(27)9-14/h5-10,22H,11-12H2,1-4H3,(H,28,29,30). The molecule has 0 saturated carbocycles. The van der Waals surface area contributed by atoms with Crippen LogP contribution in [0.25, 0.3) is 11.4 Å². The highest BCUT2D eigenvalue weighted by Crippen LogP contribution is 2.46. The lowest BCUT2D eigenvalue weighted by Crippen LogP contribution is -2.36. The number of ether oxygens (including phenoxy) is 2. The van der Waals surface area contributed by atoms with Crippen LogP contribution in [0.15, 0.2) is 47.7 Å². The Morgan fingerprint density at radius 2 is 1.79 bits per heavy atom. The Kier molecular flexibility index (Phi) is 5.57. The number of hydrogen-bond acceptors (Lipinski definition) is 6. The molecule has 0 bridgehead atoms. The van der Waals surface area contributed by atoms with Crippen molar-refractivity contribution in [3.63, 3.8) is 0 Å². The normalized spacial score (nSPS) is 18.8. The summed E-state index contributed by atoms with van der Waals surface area (Å²) in [6.07, 6.45) is 1.19. The number of anilines is 1. The van der Waals surface area contributed by atoms with Gasteiger partial charge in [0.15, 0.2) is 23.1 Å². The van der Waals surface area contributed by atoms with Gasteiger partial charge in [0.1, 0.15) is 6.04 Å². The number of aromatic nitrogens is 3. The van der Waals surface area contributed by atoms with Gasteiger partial charge in [-0.25, -0.2) is 4.68 Å². The van der Waals surface area contributed by atoms with Crippen molar-refractivity contribution in [3.05, 3.63) is 63.3 Å². The summed E-state index contributed by atoms with van der Waals surface area (Å²) in [5.74, 6) is 2.33. The summed E-state index contributed by atoms with van der Waals surface area (Å²) in [5.41, 5.74) is 3.01. The molecule has 1 aromatic heterocycles. The molecule has 0 radical (unpaired) electrons. The monoisotopic (exact) mass is 498 g/mol. The molecule has 0 saturated heterocycles. The molecule has 0 fully saturated rings. The van der Waals surface area contributed by atoms with Gasteiger partial charge >= 0.3 is 0 Å². The molecule has 2 heterocycles. The smallest absolute Gasteiger partial charge is 0.226 e. The Hall–Kier alpha value is -3.03. The number of Topliss-reactive ketones (excluding diaryl/α,β-unsaturated/α-hetero) is 1. The number of nitrogens with zero attached hydrogens (tertiary/aromatic N) is 3. The summed E-state index contributed by atoms with van der Waals surface area (Å²) in [6.45, 7) is 4.20. The Bertz CT molecular complexity index is 1350. The van der Waals surface area contributed by atoms with Gasteiger partial charge in [-0.3, -0.25) is 4.79 Å². The van der Waals surface area contributed by atoms with E-state index >= 15 is 0 Å². The van der Waals surface area contributed by atoms with E-state index in [1.165, 1.54) is 0 Å². The summed E-state index contributed by atoms with van der Waals surface area (Å²) in [6, 6.07) is 10.5. The van der Waals surface area contributed by atoms with E-state index in [0.29, 0.717) is 45.3 Å². The largest absolute Gasteiger partial charge is 0.493 e. The molecule has 1 aliphatic heterocycles. The summed E-state index contributed by atoms with van der Waals surface area (Å²) in [5, 5.41) is 9.06. The topological polar surface area (TPSA) is 78.3 Å². The van der Waals surface area contributed by atoms with Crippen molar-refractivity contribution in [3.8, 4) is 22.9 Å². The fourth-order valence-corrected chi connectivity index (χ4v) is 5.00. The Morgan fingerprint density at radius 3 is 2.50 bits per heavy atom. The summed E-state index contributed by atoms with van der Waals surface area (Å²) in [4.78, 5) is 18.2. The zero-order chi connectivity index (χ0) is 24.2. The molecule has 176 valence electrons. The van der Waals surface area contributed by atoms with E-state index in [1.54, 1.807) is 31.0 Å². The van der Waals surface area contributed by atoms with Crippen LogP contribution in [0.1, 0.15) is 38.3 Å². The van der Waals surface area contributed by atoms with Gasteiger partial charge in [0.05, 0.1) is 24.3 Å². The average Bonchev–Trinajstić information content (AvgIpc) is 3.21. The summed E-state index contributed by atoms with van der Waals surface area (Å²) in [7, 11) is 3.18. The molecule has 1 aliphatic carbocycles. The molecule has 1 atom stereocenters. The fourth-order valence-electron chi connectivity index (χ4n) is 4.70. The average molecular weight is 499 g/mol. The first kappa shape index (κ1) is 22.7. The highest BCUT2D eigenvalue weighted by molar-refractivity contribution is 6.42. The molecule has 1 N–H and O–H groups in total. The van der Waals surface area contributed by atoms with Gasteiger partial charge in [0.25, 0.3) is 0 Å². The second-order valence-corrected chi connectivity index (χ2v) is 10.1. The first-order valence-electron chi connectivity index (χ1n) is 10.9. The molecule has 0 spiro atoms. The highest BCUT2D eigenvalue weighted by Gasteiger charge is 2.42. The molecule has 9 heteroatoms. The van der Waals surface area contributed by atoms with Crippen molar-refractivity contribution in [2.45, 2.75) is 32.7 Å². The van der Waals surface area contributed by atoms with Gasteiger partial charge < -0.3 is 14.8 Å². The number of rotatable bonds is 4. The molecule has 2 aliphatic rings.